The smallest absolute Gasteiger partial charge is 0.161 e. The van der Waals surface area contributed by atoms with Crippen molar-refractivity contribution in [2.45, 2.75) is 39.7 Å². The van der Waals surface area contributed by atoms with Gasteiger partial charge >= 0.3 is 0 Å². The molecule has 5 nitrogen and oxygen atoms in total. The highest BCUT2D eigenvalue weighted by atomic mass is 16.5. The second kappa shape index (κ2) is 7.54. The van der Waals surface area contributed by atoms with Gasteiger partial charge in [0.15, 0.2) is 11.5 Å². The lowest BCUT2D eigenvalue weighted by Crippen LogP contribution is -2.42. The molecule has 1 saturated carbocycles. The van der Waals surface area contributed by atoms with Gasteiger partial charge in [-0.15, -0.1) is 0 Å². The van der Waals surface area contributed by atoms with Crippen molar-refractivity contribution in [1.82, 2.24) is 0 Å². The second-order valence-electron chi connectivity index (χ2n) is 8.55. The summed E-state index contributed by atoms with van der Waals surface area (Å²) in [5.74, 6) is 1.32. The molecule has 2 aliphatic rings. The summed E-state index contributed by atoms with van der Waals surface area (Å²) in [6.07, 6.45) is 1.36. The largest absolute Gasteiger partial charge is 0.493 e. The molecule has 0 saturated heterocycles. The Morgan fingerprint density at radius 1 is 1.14 bits per heavy atom. The number of fused-ring (bicyclic) bond motifs is 2. The molecule has 2 aromatic rings. The van der Waals surface area contributed by atoms with E-state index in [4.69, 9.17) is 14.5 Å². The van der Waals surface area contributed by atoms with Crippen LogP contribution in [0.1, 0.15) is 45.2 Å². The zero-order valence-corrected chi connectivity index (χ0v) is 17.5. The molecule has 0 radical (unpaired) electrons. The Labute approximate surface area is 172 Å². The molecule has 1 aliphatic heterocycles. The summed E-state index contributed by atoms with van der Waals surface area (Å²) < 4.78 is 11.2. The van der Waals surface area contributed by atoms with E-state index in [0.717, 1.165) is 29.1 Å². The third kappa shape index (κ3) is 3.74. The van der Waals surface area contributed by atoms with Gasteiger partial charge in [-0.2, -0.15) is 0 Å². The number of methoxy groups -OCH3 is 1. The van der Waals surface area contributed by atoms with Gasteiger partial charge in [-0.25, -0.2) is 0 Å². The zero-order valence-electron chi connectivity index (χ0n) is 17.5. The molecule has 0 bridgehead atoms. The average Bonchev–Trinajstić information content (AvgIpc) is 2.84. The number of benzene rings is 2. The molecular formula is C24H28N2O3. The van der Waals surface area contributed by atoms with Crippen LogP contribution in [-0.4, -0.2) is 25.2 Å². The molecule has 29 heavy (non-hydrogen) atoms. The molecule has 2 aromatic carbocycles. The fraction of sp³-hybridized carbons (Fsp3) is 0.417. The number of ketones is 1. The van der Waals surface area contributed by atoms with E-state index in [9.17, 15) is 4.79 Å². The Balaban J connectivity index is 1.82. The number of carbonyl (C=O) groups excluding carboxylic acids is 1. The van der Waals surface area contributed by atoms with Gasteiger partial charge in [0.25, 0.3) is 0 Å². The number of aliphatic imine (C=N–C) groups is 1. The second-order valence-corrected chi connectivity index (χ2v) is 8.55. The summed E-state index contributed by atoms with van der Waals surface area (Å²) in [6.45, 7) is 6.80. The number of ether oxygens (including phenoxy) is 2. The number of Topliss-reactive ketones (excluding diaryl/α,β-unsaturated/α-hetero) is 1. The Bertz CT molecular complexity index is 964. The molecule has 1 N–H and O–H groups in total. The van der Waals surface area contributed by atoms with Gasteiger partial charge in [0.2, 0.25) is 0 Å². The van der Waals surface area contributed by atoms with Crippen LogP contribution in [-0.2, 0) is 4.79 Å². The Hall–Kier alpha value is -2.82. The number of nitrogens with zero attached hydrogens (tertiary/aromatic N) is 1. The van der Waals surface area contributed by atoms with Crippen molar-refractivity contribution in [3.8, 4) is 11.5 Å². The Kier molecular flexibility index (Phi) is 5.07. The van der Waals surface area contributed by atoms with Crippen molar-refractivity contribution in [3.63, 3.8) is 0 Å². The van der Waals surface area contributed by atoms with Crippen LogP contribution in [0, 0.1) is 11.3 Å². The summed E-state index contributed by atoms with van der Waals surface area (Å²) in [6, 6.07) is 13.7. The fourth-order valence-corrected chi connectivity index (χ4v) is 4.44. The van der Waals surface area contributed by atoms with E-state index in [1.54, 1.807) is 7.11 Å². The van der Waals surface area contributed by atoms with Gasteiger partial charge in [-0.1, -0.05) is 32.0 Å². The Morgan fingerprint density at radius 3 is 2.69 bits per heavy atom. The van der Waals surface area contributed by atoms with E-state index in [0.29, 0.717) is 24.5 Å². The van der Waals surface area contributed by atoms with Crippen LogP contribution >= 0.6 is 0 Å². The maximum atomic E-state index is 13.3. The molecule has 2 unspecified atom stereocenters. The molecule has 1 fully saturated rings. The number of para-hydroxylation sites is 2. The first-order valence-electron chi connectivity index (χ1n) is 10.2. The minimum absolute atomic E-state index is 0.0766. The molecule has 0 amide bonds. The van der Waals surface area contributed by atoms with Crippen molar-refractivity contribution < 1.29 is 14.3 Å². The Morgan fingerprint density at radius 2 is 1.93 bits per heavy atom. The maximum absolute atomic E-state index is 13.3. The number of carbonyl (C=O) groups is 1. The van der Waals surface area contributed by atoms with E-state index in [1.165, 1.54) is 0 Å². The summed E-state index contributed by atoms with van der Waals surface area (Å²) >= 11 is 0. The van der Waals surface area contributed by atoms with Crippen LogP contribution in [0.25, 0.3) is 0 Å². The first-order valence-corrected chi connectivity index (χ1v) is 10.2. The lowest BCUT2D eigenvalue weighted by molar-refractivity contribution is -0.124. The topological polar surface area (TPSA) is 59.9 Å². The minimum Gasteiger partial charge on any atom is -0.493 e. The van der Waals surface area contributed by atoms with Crippen molar-refractivity contribution in [3.05, 3.63) is 48.0 Å². The third-order valence-electron chi connectivity index (χ3n) is 5.68. The predicted molar refractivity (Wildman–Crippen MR) is 116 cm³/mol. The van der Waals surface area contributed by atoms with Crippen molar-refractivity contribution >= 4 is 22.9 Å². The highest BCUT2D eigenvalue weighted by Crippen LogP contribution is 2.45. The third-order valence-corrected chi connectivity index (χ3v) is 5.68. The molecule has 2 atom stereocenters. The van der Waals surface area contributed by atoms with E-state index in [2.05, 4.69) is 19.2 Å². The van der Waals surface area contributed by atoms with Crippen LogP contribution in [0.5, 0.6) is 11.5 Å². The lowest BCUT2D eigenvalue weighted by Gasteiger charge is -2.37. The predicted octanol–water partition coefficient (Wildman–Crippen LogP) is 5.34. The van der Waals surface area contributed by atoms with Gasteiger partial charge in [0, 0.05) is 12.1 Å². The fourth-order valence-electron chi connectivity index (χ4n) is 4.44. The maximum Gasteiger partial charge on any atom is 0.161 e. The first-order chi connectivity index (χ1) is 13.9. The minimum atomic E-state index is -0.293. The molecule has 4 rings (SSSR count). The molecule has 1 aliphatic carbocycles. The molecule has 0 aromatic heterocycles. The normalized spacial score (nSPS) is 22.5. The lowest BCUT2D eigenvalue weighted by atomic mass is 9.68. The van der Waals surface area contributed by atoms with Crippen LogP contribution in [0.15, 0.2) is 47.5 Å². The van der Waals surface area contributed by atoms with Crippen molar-refractivity contribution in [2.24, 2.45) is 16.3 Å². The van der Waals surface area contributed by atoms with Gasteiger partial charge in [-0.3, -0.25) is 9.79 Å². The van der Waals surface area contributed by atoms with Crippen LogP contribution in [0.3, 0.4) is 0 Å². The highest BCUT2D eigenvalue weighted by Gasteiger charge is 2.44. The average molecular weight is 392 g/mol. The van der Waals surface area contributed by atoms with E-state index < -0.39 is 0 Å². The molecule has 0 spiro atoms. The SMILES string of the molecule is CCOc1ccc(C2Nc3ccccc3N=C3CC(C)(C)CC(=O)C32)cc1OC. The monoisotopic (exact) mass is 392 g/mol. The standard InChI is InChI=1S/C24H28N2O3/c1-5-29-20-11-10-15(12-21(20)28-4)23-22-18(13-24(2,3)14-19(22)27)25-16-8-6-7-9-17(16)26-23/h6-12,22-23,26H,5,13-14H2,1-4H3. The van der Waals surface area contributed by atoms with E-state index >= 15 is 0 Å². The van der Waals surface area contributed by atoms with E-state index in [-0.39, 0.29) is 23.2 Å². The van der Waals surface area contributed by atoms with Crippen LogP contribution in [0.4, 0.5) is 11.4 Å². The summed E-state index contributed by atoms with van der Waals surface area (Å²) in [5.41, 5.74) is 3.71. The number of rotatable bonds is 4. The summed E-state index contributed by atoms with van der Waals surface area (Å²) in [7, 11) is 1.64. The van der Waals surface area contributed by atoms with Crippen molar-refractivity contribution in [2.75, 3.05) is 19.0 Å². The van der Waals surface area contributed by atoms with Crippen molar-refractivity contribution in [1.29, 1.82) is 0 Å². The number of hydrogen-bond donors (Lipinski definition) is 1. The molecule has 152 valence electrons. The number of anilines is 1. The van der Waals surface area contributed by atoms with Gasteiger partial charge in [0.05, 0.1) is 37.1 Å². The van der Waals surface area contributed by atoms with Crippen LogP contribution in [0.2, 0.25) is 0 Å². The van der Waals surface area contributed by atoms with Crippen LogP contribution < -0.4 is 14.8 Å². The molecule has 1 heterocycles. The summed E-state index contributed by atoms with van der Waals surface area (Å²) in [5, 5.41) is 3.60. The molecule has 5 heteroatoms. The number of hydrogen-bond acceptors (Lipinski definition) is 5. The van der Waals surface area contributed by atoms with Gasteiger partial charge in [0.1, 0.15) is 5.78 Å². The number of nitrogens with one attached hydrogen (secondary N) is 1. The van der Waals surface area contributed by atoms with Gasteiger partial charge < -0.3 is 14.8 Å². The first kappa shape index (κ1) is 19.5. The highest BCUT2D eigenvalue weighted by molar-refractivity contribution is 6.10. The van der Waals surface area contributed by atoms with Gasteiger partial charge in [-0.05, 0) is 48.6 Å². The van der Waals surface area contributed by atoms with E-state index in [1.807, 2.05) is 49.4 Å². The molecular weight excluding hydrogens is 364 g/mol. The summed E-state index contributed by atoms with van der Waals surface area (Å²) in [4.78, 5) is 18.2. The quantitative estimate of drug-likeness (QED) is 0.763. The zero-order chi connectivity index (χ0) is 20.6.